The fourth-order valence-corrected chi connectivity index (χ4v) is 2.20. The number of pyridine rings is 1. The zero-order chi connectivity index (χ0) is 20.3. The highest BCUT2D eigenvalue weighted by Gasteiger charge is 2.16. The van der Waals surface area contributed by atoms with Crippen LogP contribution in [0.3, 0.4) is 0 Å². The van der Waals surface area contributed by atoms with Crippen molar-refractivity contribution in [3.63, 3.8) is 0 Å². The summed E-state index contributed by atoms with van der Waals surface area (Å²) in [5.41, 5.74) is -1.22. The molecule has 138 valence electrons. The highest BCUT2D eigenvalue weighted by molar-refractivity contribution is 6.00. The number of urea groups is 1. The topological polar surface area (TPSA) is 171 Å². The van der Waals surface area contributed by atoms with Crippen LogP contribution in [0.5, 0.6) is 11.6 Å². The lowest BCUT2D eigenvalue weighted by Crippen LogP contribution is -2.22. The van der Waals surface area contributed by atoms with E-state index < -0.39 is 28.1 Å². The summed E-state index contributed by atoms with van der Waals surface area (Å²) in [5, 5.41) is 41.6. The zero-order valence-corrected chi connectivity index (χ0v) is 14.1. The molecule has 1 aromatic carbocycles. The number of anilines is 1. The van der Waals surface area contributed by atoms with E-state index >= 15 is 0 Å². The molecule has 11 heteroatoms. The summed E-state index contributed by atoms with van der Waals surface area (Å²) in [6.45, 7) is 1.42. The fraction of sp³-hybridized carbons (Fsp3) is 0.125. The van der Waals surface area contributed by atoms with Crippen LogP contribution in [0.25, 0.3) is 0 Å². The summed E-state index contributed by atoms with van der Waals surface area (Å²) in [7, 11) is 1.25. The lowest BCUT2D eigenvalue weighted by atomic mass is 10.1. The third-order valence-electron chi connectivity index (χ3n) is 3.71. The van der Waals surface area contributed by atoms with Gasteiger partial charge in [-0.15, -0.1) is 0 Å². The number of phenolic OH excluding ortho intramolecular Hbond substituents is 1. The van der Waals surface area contributed by atoms with Crippen LogP contribution in [0.15, 0.2) is 28.0 Å². The first-order valence-corrected chi connectivity index (χ1v) is 7.32. The Bertz CT molecular complexity index is 1080. The molecular formula is C16H13N5O6. The number of aliphatic imine (C=N–C) groups is 1. The number of aromatic hydroxyl groups is 2. The van der Waals surface area contributed by atoms with E-state index in [9.17, 15) is 29.9 Å². The summed E-state index contributed by atoms with van der Waals surface area (Å²) in [6, 6.07) is 3.85. The lowest BCUT2D eigenvalue weighted by molar-refractivity contribution is -0.384. The molecule has 0 fully saturated rings. The van der Waals surface area contributed by atoms with Gasteiger partial charge in [0.1, 0.15) is 17.4 Å². The van der Waals surface area contributed by atoms with Gasteiger partial charge in [0, 0.05) is 19.3 Å². The van der Waals surface area contributed by atoms with Crippen LogP contribution in [0.4, 0.5) is 16.2 Å². The molecule has 1 heterocycles. The first kappa shape index (κ1) is 19.1. The molecule has 0 saturated heterocycles. The first-order chi connectivity index (χ1) is 12.7. The number of amides is 2. The van der Waals surface area contributed by atoms with Crippen LogP contribution < -0.4 is 10.9 Å². The number of hydrogen-bond donors (Lipinski definition) is 3. The molecule has 2 aromatic rings. The summed E-state index contributed by atoms with van der Waals surface area (Å²) < 4.78 is 0.840. The number of nitrogens with one attached hydrogen (secondary N) is 1. The summed E-state index contributed by atoms with van der Waals surface area (Å²) in [6.07, 6.45) is 0.961. The first-order valence-electron chi connectivity index (χ1n) is 7.32. The summed E-state index contributed by atoms with van der Waals surface area (Å²) >= 11 is 0. The third kappa shape index (κ3) is 3.74. The average Bonchev–Trinajstić information content (AvgIpc) is 2.62. The number of nitriles is 1. The van der Waals surface area contributed by atoms with E-state index in [1.54, 1.807) is 6.07 Å². The van der Waals surface area contributed by atoms with E-state index in [2.05, 4.69) is 10.3 Å². The van der Waals surface area contributed by atoms with Crippen molar-refractivity contribution in [2.45, 2.75) is 6.92 Å². The molecule has 2 amide bonds. The molecule has 11 nitrogen and oxygen atoms in total. The molecule has 0 bridgehead atoms. The van der Waals surface area contributed by atoms with Crippen molar-refractivity contribution in [1.29, 1.82) is 5.26 Å². The minimum absolute atomic E-state index is 0.00304. The minimum atomic E-state index is -0.953. The number of aromatic nitrogens is 1. The van der Waals surface area contributed by atoms with E-state index in [1.807, 2.05) is 0 Å². The third-order valence-corrected chi connectivity index (χ3v) is 3.71. The second-order valence-corrected chi connectivity index (χ2v) is 5.36. The number of non-ortho nitro benzene ring substituents is 1. The molecule has 2 rings (SSSR count). The van der Waals surface area contributed by atoms with Crippen LogP contribution in [-0.2, 0) is 7.05 Å². The second kappa shape index (κ2) is 7.36. The van der Waals surface area contributed by atoms with Gasteiger partial charge in [0.15, 0.2) is 0 Å². The van der Waals surface area contributed by atoms with Gasteiger partial charge in [-0.2, -0.15) is 5.26 Å². The Labute approximate surface area is 151 Å². The second-order valence-electron chi connectivity index (χ2n) is 5.36. The molecule has 27 heavy (non-hydrogen) atoms. The largest absolute Gasteiger partial charge is 0.506 e. The van der Waals surface area contributed by atoms with Gasteiger partial charge in [-0.25, -0.2) is 9.79 Å². The minimum Gasteiger partial charge on any atom is -0.506 e. The summed E-state index contributed by atoms with van der Waals surface area (Å²) in [5.74, 6) is -1.01. The van der Waals surface area contributed by atoms with Crippen molar-refractivity contribution < 1.29 is 19.9 Å². The van der Waals surface area contributed by atoms with Crippen molar-refractivity contribution in [2.75, 3.05) is 5.32 Å². The number of carbonyl (C=O) groups is 1. The maximum atomic E-state index is 11.9. The van der Waals surface area contributed by atoms with Gasteiger partial charge in [-0.3, -0.25) is 19.5 Å². The Morgan fingerprint density at radius 3 is 2.67 bits per heavy atom. The van der Waals surface area contributed by atoms with Gasteiger partial charge >= 0.3 is 6.03 Å². The zero-order valence-electron chi connectivity index (χ0n) is 14.1. The number of hydrogen-bond acceptors (Lipinski definition) is 7. The molecule has 0 aliphatic carbocycles. The number of nitrogens with zero attached hydrogens (tertiary/aromatic N) is 4. The highest BCUT2D eigenvalue weighted by Crippen LogP contribution is 2.28. The predicted octanol–water partition coefficient (Wildman–Crippen LogP) is 1.54. The lowest BCUT2D eigenvalue weighted by Gasteiger charge is -2.09. The Hall–Kier alpha value is -4.20. The number of nitro benzene ring substituents is 1. The van der Waals surface area contributed by atoms with Crippen LogP contribution in [0.2, 0.25) is 0 Å². The number of nitro groups is 1. The van der Waals surface area contributed by atoms with E-state index in [4.69, 9.17) is 5.26 Å². The molecule has 0 spiro atoms. The quantitative estimate of drug-likeness (QED) is 0.318. The van der Waals surface area contributed by atoms with E-state index in [0.717, 1.165) is 29.0 Å². The normalized spacial score (nSPS) is 10.6. The molecule has 0 radical (unpaired) electrons. The van der Waals surface area contributed by atoms with Crippen LogP contribution in [0, 0.1) is 28.4 Å². The highest BCUT2D eigenvalue weighted by atomic mass is 16.6. The van der Waals surface area contributed by atoms with Gasteiger partial charge in [0.25, 0.3) is 11.2 Å². The standard InChI is InChI=1S/C16H13N5O6/c1-8-10(6-17)14(23)20(2)15(24)11(8)7-18-16(25)19-12-4-3-9(21(26)27)5-13(12)22/h3-5,7,22,24H,1-2H3,(H,19,25). The van der Waals surface area contributed by atoms with Crippen molar-refractivity contribution >= 4 is 23.6 Å². The van der Waals surface area contributed by atoms with E-state index in [0.29, 0.717) is 0 Å². The maximum Gasteiger partial charge on any atom is 0.345 e. The van der Waals surface area contributed by atoms with Crippen LogP contribution >= 0.6 is 0 Å². The molecule has 3 N–H and O–H groups in total. The van der Waals surface area contributed by atoms with Crippen LogP contribution in [-0.4, -0.2) is 31.9 Å². The van der Waals surface area contributed by atoms with Crippen molar-refractivity contribution in [3.05, 3.63) is 55.4 Å². The van der Waals surface area contributed by atoms with Gasteiger partial charge in [0.05, 0.1) is 22.2 Å². The Morgan fingerprint density at radius 2 is 2.11 bits per heavy atom. The predicted molar refractivity (Wildman–Crippen MR) is 94.2 cm³/mol. The smallest absolute Gasteiger partial charge is 0.345 e. The molecule has 1 aromatic heterocycles. The van der Waals surface area contributed by atoms with Gasteiger partial charge in [-0.1, -0.05) is 0 Å². The SMILES string of the molecule is Cc1c(C=NC(=O)Nc2ccc([N+](=O)[O-])cc2O)c(O)n(C)c(=O)c1C#N. The fourth-order valence-electron chi connectivity index (χ4n) is 2.20. The van der Waals surface area contributed by atoms with E-state index in [-0.39, 0.29) is 28.1 Å². The molecule has 0 atom stereocenters. The van der Waals surface area contributed by atoms with E-state index in [1.165, 1.54) is 14.0 Å². The Kier molecular flexibility index (Phi) is 5.21. The monoisotopic (exact) mass is 371 g/mol. The Morgan fingerprint density at radius 1 is 1.44 bits per heavy atom. The molecule has 0 saturated carbocycles. The van der Waals surface area contributed by atoms with Gasteiger partial charge < -0.3 is 15.5 Å². The number of rotatable bonds is 3. The van der Waals surface area contributed by atoms with Gasteiger partial charge in [-0.05, 0) is 18.6 Å². The molecule has 0 aliphatic rings. The number of phenols is 1. The summed E-state index contributed by atoms with van der Waals surface area (Å²) in [4.78, 5) is 37.3. The van der Waals surface area contributed by atoms with Crippen molar-refractivity contribution in [2.24, 2.45) is 12.0 Å². The van der Waals surface area contributed by atoms with Crippen LogP contribution in [0.1, 0.15) is 16.7 Å². The number of carbonyl (C=O) groups excluding carboxylic acids is 1. The molecular weight excluding hydrogens is 358 g/mol. The van der Waals surface area contributed by atoms with Crippen molar-refractivity contribution in [1.82, 2.24) is 4.57 Å². The van der Waals surface area contributed by atoms with Gasteiger partial charge in [0.2, 0.25) is 5.88 Å². The Balaban J connectivity index is 2.31. The average molecular weight is 371 g/mol. The maximum absolute atomic E-state index is 11.9. The molecule has 0 unspecified atom stereocenters. The number of benzene rings is 1. The molecule has 0 aliphatic heterocycles. The van der Waals surface area contributed by atoms with Crippen molar-refractivity contribution in [3.8, 4) is 17.7 Å².